The van der Waals surface area contributed by atoms with E-state index in [0.717, 1.165) is 9.91 Å². The molecule has 0 bridgehead atoms. The van der Waals surface area contributed by atoms with E-state index in [1.54, 1.807) is 25.1 Å². The van der Waals surface area contributed by atoms with Gasteiger partial charge in [-0.15, -0.1) is 0 Å². The first-order chi connectivity index (χ1) is 12.2. The SMILES string of the molecule is CCOC(=O)C1=NN(C(C)=O)C2(C)C(=O)N(c3cccc(Cl)c3)C(=O)C12. The topological polar surface area (TPSA) is 96.3 Å². The lowest BCUT2D eigenvalue weighted by molar-refractivity contribution is -0.142. The number of rotatable bonds is 3. The summed E-state index contributed by atoms with van der Waals surface area (Å²) >= 11 is 5.96. The maximum Gasteiger partial charge on any atom is 0.355 e. The second kappa shape index (κ2) is 6.21. The van der Waals surface area contributed by atoms with Crippen LogP contribution in [0.25, 0.3) is 0 Å². The van der Waals surface area contributed by atoms with Gasteiger partial charge in [0.05, 0.1) is 12.3 Å². The number of amides is 3. The number of hydrogen-bond donors (Lipinski definition) is 0. The van der Waals surface area contributed by atoms with Gasteiger partial charge in [0.1, 0.15) is 5.92 Å². The van der Waals surface area contributed by atoms with Crippen LogP contribution in [-0.4, -0.2) is 46.6 Å². The molecule has 2 unspecified atom stereocenters. The van der Waals surface area contributed by atoms with Crippen molar-refractivity contribution < 1.29 is 23.9 Å². The van der Waals surface area contributed by atoms with Gasteiger partial charge >= 0.3 is 5.97 Å². The van der Waals surface area contributed by atoms with E-state index in [9.17, 15) is 19.2 Å². The molecule has 0 aliphatic carbocycles. The summed E-state index contributed by atoms with van der Waals surface area (Å²) < 4.78 is 4.94. The quantitative estimate of drug-likeness (QED) is 0.585. The Bertz CT molecular complexity index is 868. The Balaban J connectivity index is 2.12. The van der Waals surface area contributed by atoms with Gasteiger partial charge in [0.15, 0.2) is 11.3 Å². The second-order valence-corrected chi connectivity index (χ2v) is 6.51. The summed E-state index contributed by atoms with van der Waals surface area (Å²) in [6, 6.07) is 6.20. The third-order valence-corrected chi connectivity index (χ3v) is 4.67. The van der Waals surface area contributed by atoms with Crippen molar-refractivity contribution >= 4 is 46.7 Å². The zero-order chi connectivity index (χ0) is 19.2. The average molecular weight is 378 g/mol. The summed E-state index contributed by atoms with van der Waals surface area (Å²) in [7, 11) is 0. The highest BCUT2D eigenvalue weighted by Crippen LogP contribution is 2.43. The minimum absolute atomic E-state index is 0.0709. The first-order valence-electron chi connectivity index (χ1n) is 7.93. The molecular weight excluding hydrogens is 362 g/mol. The number of imide groups is 1. The number of ether oxygens (including phenoxy) is 1. The van der Waals surface area contributed by atoms with E-state index >= 15 is 0 Å². The standard InChI is InChI=1S/C17H16ClN3O5/c1-4-26-15(24)13-12-14(23)20(11-7-5-6-10(18)8-11)16(25)17(12,3)21(19-13)9(2)22/h5-8,12H,4H2,1-3H3. The Kier molecular flexibility index (Phi) is 4.31. The van der Waals surface area contributed by atoms with Gasteiger partial charge < -0.3 is 4.74 Å². The molecule has 2 aliphatic heterocycles. The highest BCUT2D eigenvalue weighted by molar-refractivity contribution is 6.47. The van der Waals surface area contributed by atoms with Crippen molar-refractivity contribution in [2.75, 3.05) is 11.5 Å². The van der Waals surface area contributed by atoms with Crippen LogP contribution in [0.5, 0.6) is 0 Å². The van der Waals surface area contributed by atoms with Crippen molar-refractivity contribution in [2.45, 2.75) is 26.3 Å². The number of fused-ring (bicyclic) bond motifs is 1. The summed E-state index contributed by atoms with van der Waals surface area (Å²) in [4.78, 5) is 51.4. The molecule has 3 rings (SSSR count). The minimum atomic E-state index is -1.63. The van der Waals surface area contributed by atoms with Gasteiger partial charge in [-0.1, -0.05) is 17.7 Å². The van der Waals surface area contributed by atoms with Crippen molar-refractivity contribution in [1.29, 1.82) is 0 Å². The Morgan fingerprint density at radius 1 is 1.35 bits per heavy atom. The number of benzene rings is 1. The number of halogens is 1. The molecule has 0 saturated carbocycles. The molecule has 2 heterocycles. The number of carbonyl (C=O) groups excluding carboxylic acids is 4. The van der Waals surface area contributed by atoms with E-state index in [2.05, 4.69) is 5.10 Å². The molecule has 0 spiro atoms. The molecule has 1 saturated heterocycles. The number of hydrazone groups is 1. The lowest BCUT2D eigenvalue weighted by Crippen LogP contribution is -2.52. The molecule has 3 amide bonds. The maximum atomic E-state index is 13.1. The van der Waals surface area contributed by atoms with Crippen molar-refractivity contribution in [2.24, 2.45) is 11.0 Å². The Morgan fingerprint density at radius 3 is 2.62 bits per heavy atom. The maximum absolute atomic E-state index is 13.1. The summed E-state index contributed by atoms with van der Waals surface area (Å²) in [5.41, 5.74) is -1.63. The molecule has 0 aromatic heterocycles. The summed E-state index contributed by atoms with van der Waals surface area (Å²) in [5.74, 6) is -3.95. The summed E-state index contributed by atoms with van der Waals surface area (Å²) in [6.45, 7) is 4.30. The molecule has 1 fully saturated rings. The van der Waals surface area contributed by atoms with E-state index in [1.807, 2.05) is 0 Å². The van der Waals surface area contributed by atoms with Gasteiger partial charge in [0, 0.05) is 11.9 Å². The van der Waals surface area contributed by atoms with Crippen LogP contribution in [0.2, 0.25) is 5.02 Å². The predicted octanol–water partition coefficient (Wildman–Crippen LogP) is 1.37. The van der Waals surface area contributed by atoms with Gasteiger partial charge in [-0.2, -0.15) is 5.10 Å². The van der Waals surface area contributed by atoms with Crippen molar-refractivity contribution in [3.05, 3.63) is 29.3 Å². The van der Waals surface area contributed by atoms with E-state index in [1.165, 1.54) is 19.9 Å². The highest BCUT2D eigenvalue weighted by atomic mass is 35.5. The molecule has 1 aromatic carbocycles. The van der Waals surface area contributed by atoms with Crippen LogP contribution in [0.1, 0.15) is 20.8 Å². The van der Waals surface area contributed by atoms with Gasteiger partial charge in [-0.05, 0) is 32.0 Å². The largest absolute Gasteiger partial charge is 0.461 e. The zero-order valence-corrected chi connectivity index (χ0v) is 15.1. The number of hydrogen-bond acceptors (Lipinski definition) is 6. The third kappa shape index (κ3) is 2.40. The lowest BCUT2D eigenvalue weighted by Gasteiger charge is -2.28. The zero-order valence-electron chi connectivity index (χ0n) is 14.4. The first kappa shape index (κ1) is 18.1. The number of anilines is 1. The third-order valence-electron chi connectivity index (χ3n) is 4.44. The summed E-state index contributed by atoms with van der Waals surface area (Å²) in [6.07, 6.45) is 0. The van der Waals surface area contributed by atoms with E-state index in [4.69, 9.17) is 16.3 Å². The molecule has 9 heteroatoms. The van der Waals surface area contributed by atoms with Crippen LogP contribution in [0.15, 0.2) is 29.4 Å². The monoisotopic (exact) mass is 377 g/mol. The Labute approximate surface area is 154 Å². The number of esters is 1. The van der Waals surface area contributed by atoms with Gasteiger partial charge in [0.2, 0.25) is 11.8 Å². The predicted molar refractivity (Wildman–Crippen MR) is 92.4 cm³/mol. The van der Waals surface area contributed by atoms with Crippen molar-refractivity contribution in [3.8, 4) is 0 Å². The van der Waals surface area contributed by atoms with Crippen LogP contribution in [0.3, 0.4) is 0 Å². The first-order valence-corrected chi connectivity index (χ1v) is 8.31. The smallest absolute Gasteiger partial charge is 0.355 e. The molecule has 0 N–H and O–H groups in total. The fourth-order valence-electron chi connectivity index (χ4n) is 3.31. The van der Waals surface area contributed by atoms with Crippen LogP contribution < -0.4 is 4.90 Å². The molecule has 26 heavy (non-hydrogen) atoms. The van der Waals surface area contributed by atoms with Crippen LogP contribution in [-0.2, 0) is 23.9 Å². The van der Waals surface area contributed by atoms with E-state index in [-0.39, 0.29) is 18.0 Å². The van der Waals surface area contributed by atoms with Crippen LogP contribution in [0, 0.1) is 5.92 Å². The van der Waals surface area contributed by atoms with Gasteiger partial charge in [-0.25, -0.2) is 14.7 Å². The lowest BCUT2D eigenvalue weighted by atomic mass is 9.85. The van der Waals surface area contributed by atoms with Crippen LogP contribution >= 0.6 is 11.6 Å². The number of carbonyl (C=O) groups is 4. The summed E-state index contributed by atoms with van der Waals surface area (Å²) in [5, 5.41) is 5.16. The molecule has 136 valence electrons. The fourth-order valence-corrected chi connectivity index (χ4v) is 3.49. The molecule has 8 nitrogen and oxygen atoms in total. The Hall–Kier alpha value is -2.74. The van der Waals surface area contributed by atoms with Crippen molar-refractivity contribution in [3.63, 3.8) is 0 Å². The molecule has 0 radical (unpaired) electrons. The molecule has 1 aromatic rings. The van der Waals surface area contributed by atoms with Gasteiger partial charge in [0.25, 0.3) is 5.91 Å². The molecular formula is C17H16ClN3O5. The normalized spacial score (nSPS) is 24.6. The fraction of sp³-hybridized carbons (Fsp3) is 0.353. The molecule has 2 aliphatic rings. The van der Waals surface area contributed by atoms with E-state index in [0.29, 0.717) is 5.02 Å². The Morgan fingerprint density at radius 2 is 2.04 bits per heavy atom. The van der Waals surface area contributed by atoms with Gasteiger partial charge in [-0.3, -0.25) is 14.4 Å². The average Bonchev–Trinajstić information content (AvgIpc) is 2.99. The number of nitrogens with zero attached hydrogens (tertiary/aromatic N) is 3. The van der Waals surface area contributed by atoms with Crippen molar-refractivity contribution in [1.82, 2.24) is 5.01 Å². The minimum Gasteiger partial charge on any atom is -0.461 e. The van der Waals surface area contributed by atoms with Crippen LogP contribution in [0.4, 0.5) is 5.69 Å². The van der Waals surface area contributed by atoms with E-state index < -0.39 is 35.1 Å². The highest BCUT2D eigenvalue weighted by Gasteiger charge is 2.67. The molecule has 2 atom stereocenters. The second-order valence-electron chi connectivity index (χ2n) is 6.08.